The van der Waals surface area contributed by atoms with Crippen molar-refractivity contribution in [2.45, 2.75) is 24.1 Å². The summed E-state index contributed by atoms with van der Waals surface area (Å²) < 4.78 is 10.8. The maximum absolute atomic E-state index is 10.4. The highest BCUT2D eigenvalue weighted by Gasteiger charge is 2.50. The largest absolute Gasteiger partial charge is 0.479 e. The van der Waals surface area contributed by atoms with Gasteiger partial charge in [-0.25, -0.2) is 4.79 Å². The van der Waals surface area contributed by atoms with Gasteiger partial charge in [-0.2, -0.15) is 0 Å². The normalized spacial score (nSPS) is 22.0. The van der Waals surface area contributed by atoms with Crippen molar-refractivity contribution in [2.24, 2.45) is 0 Å². The van der Waals surface area contributed by atoms with Gasteiger partial charge in [-0.15, -0.1) is 0 Å². The minimum atomic E-state index is -3.14. The van der Waals surface area contributed by atoms with Gasteiger partial charge in [0.05, 0.1) is 1.37 Å². The van der Waals surface area contributed by atoms with E-state index in [-0.39, 0.29) is 6.29 Å². The summed E-state index contributed by atoms with van der Waals surface area (Å²) in [6.07, 6.45) is -7.37. The van der Waals surface area contributed by atoms with E-state index in [0.29, 0.717) is 0 Å². The number of aldehydes is 1. The van der Waals surface area contributed by atoms with E-state index in [9.17, 15) is 19.8 Å². The number of ether oxygens (including phenoxy) is 1. The molecule has 0 spiro atoms. The van der Waals surface area contributed by atoms with Crippen molar-refractivity contribution >= 4 is 12.3 Å². The maximum atomic E-state index is 10.4. The fraction of sp³-hybridized carbons (Fsp3) is 0.714. The number of carboxylic acids is 1. The van der Waals surface area contributed by atoms with Crippen molar-refractivity contribution in [1.82, 2.24) is 0 Å². The lowest BCUT2D eigenvalue weighted by molar-refractivity contribution is -0.297. The smallest absolute Gasteiger partial charge is 0.338 e. The molecule has 0 saturated heterocycles. The number of aliphatic hydroxyl groups excluding tert-OH is 3. The summed E-state index contributed by atoms with van der Waals surface area (Å²) in [5.74, 6) is -5.10. The molecule has 8 heteroatoms. The summed E-state index contributed by atoms with van der Waals surface area (Å²) >= 11 is 0. The van der Waals surface area contributed by atoms with Gasteiger partial charge >= 0.3 is 5.97 Å². The second-order valence-electron chi connectivity index (χ2n) is 2.71. The Morgan fingerprint density at radius 3 is 2.40 bits per heavy atom. The average Bonchev–Trinajstić information content (AvgIpc) is 2.25. The van der Waals surface area contributed by atoms with Gasteiger partial charge in [0.1, 0.15) is 12.2 Å². The van der Waals surface area contributed by atoms with Crippen molar-refractivity contribution in [3.8, 4) is 0 Å². The quantitative estimate of drug-likeness (QED) is 0.233. The molecule has 0 amide bonds. The molecule has 0 bridgehead atoms. The predicted molar refractivity (Wildman–Crippen MR) is 43.7 cm³/mol. The van der Waals surface area contributed by atoms with Crippen LogP contribution in [0.5, 0.6) is 0 Å². The number of carboxylic acid groups (broad SMARTS) is 1. The van der Waals surface area contributed by atoms with Crippen LogP contribution < -0.4 is 0 Å². The molecule has 0 heterocycles. The second kappa shape index (κ2) is 5.14. The van der Waals surface area contributed by atoms with Gasteiger partial charge in [0.15, 0.2) is 6.29 Å². The van der Waals surface area contributed by atoms with Crippen LogP contribution in [-0.4, -0.2) is 69.0 Å². The van der Waals surface area contributed by atoms with Crippen molar-refractivity contribution in [2.75, 3.05) is 7.09 Å². The molecular formula is C7H12O8. The number of aliphatic hydroxyl groups is 4. The van der Waals surface area contributed by atoms with Crippen molar-refractivity contribution in [1.29, 1.82) is 0 Å². The number of methoxy groups -OCH3 is 1. The van der Waals surface area contributed by atoms with Crippen molar-refractivity contribution in [3.63, 3.8) is 0 Å². The topological polar surface area (TPSA) is 145 Å². The van der Waals surface area contributed by atoms with E-state index in [1.807, 2.05) is 0 Å². The molecule has 8 nitrogen and oxygen atoms in total. The molecule has 0 aromatic heterocycles. The van der Waals surface area contributed by atoms with Crippen molar-refractivity contribution in [3.05, 3.63) is 0 Å². The zero-order chi connectivity index (χ0) is 12.9. The summed E-state index contributed by atoms with van der Waals surface area (Å²) in [6, 6.07) is 0. The average molecular weight is 225 g/mol. The zero-order valence-corrected chi connectivity index (χ0v) is 7.48. The molecular weight excluding hydrogens is 212 g/mol. The van der Waals surface area contributed by atoms with Crippen LogP contribution in [-0.2, 0) is 14.3 Å². The molecule has 5 N–H and O–H groups in total. The molecule has 0 unspecified atom stereocenters. The lowest BCUT2D eigenvalue weighted by atomic mass is 9.99. The molecule has 0 aliphatic heterocycles. The standard InChI is InChI=1S/C7H12O8/c1-15-7(14,5(11)6(12)13)4(10)3(9)2-8/h2-5,9-11,14H,1H3,(H,12,13)/t3-,4+,5+,7+/m0/s1/i1D. The van der Waals surface area contributed by atoms with Gasteiger partial charge < -0.3 is 35.1 Å². The lowest BCUT2D eigenvalue weighted by Gasteiger charge is -2.34. The number of carbonyl (C=O) groups excluding carboxylic acids is 1. The Kier molecular flexibility index (Phi) is 4.12. The number of hydrogen-bond acceptors (Lipinski definition) is 7. The Morgan fingerprint density at radius 1 is 1.53 bits per heavy atom. The summed E-state index contributed by atoms with van der Waals surface area (Å²) in [7, 11) is -0.997. The number of aliphatic carboxylic acids is 1. The first-order valence-electron chi connectivity index (χ1n) is 4.39. The molecule has 0 saturated carbocycles. The minimum absolute atomic E-state index is 0.183. The summed E-state index contributed by atoms with van der Waals surface area (Å²) in [6.45, 7) is 0. The number of hydrogen-bond donors (Lipinski definition) is 5. The van der Waals surface area contributed by atoms with Gasteiger partial charge in [0, 0.05) is 7.09 Å². The Labute approximate surface area is 85.7 Å². The molecule has 0 aliphatic rings. The van der Waals surface area contributed by atoms with E-state index in [4.69, 9.17) is 16.7 Å². The number of rotatable bonds is 6. The molecule has 0 aromatic carbocycles. The minimum Gasteiger partial charge on any atom is -0.479 e. The summed E-state index contributed by atoms with van der Waals surface area (Å²) in [5, 5.41) is 45.1. The third-order valence-electron chi connectivity index (χ3n) is 1.74. The van der Waals surface area contributed by atoms with E-state index in [1.54, 1.807) is 0 Å². The molecule has 15 heavy (non-hydrogen) atoms. The third kappa shape index (κ3) is 2.70. The molecule has 0 aromatic rings. The van der Waals surface area contributed by atoms with Crippen LogP contribution in [0.15, 0.2) is 0 Å². The van der Waals surface area contributed by atoms with E-state index < -0.39 is 37.2 Å². The Hall–Kier alpha value is -1.06. The Balaban J connectivity index is 5.07. The zero-order valence-electron chi connectivity index (χ0n) is 8.48. The first-order chi connectivity index (χ1) is 7.31. The van der Waals surface area contributed by atoms with Gasteiger partial charge in [0.2, 0.25) is 11.9 Å². The second-order valence-corrected chi connectivity index (χ2v) is 2.71. The highest BCUT2D eigenvalue weighted by atomic mass is 16.6. The molecule has 0 fully saturated rings. The van der Waals surface area contributed by atoms with Crippen LogP contribution in [0.3, 0.4) is 0 Å². The third-order valence-corrected chi connectivity index (χ3v) is 1.74. The van der Waals surface area contributed by atoms with E-state index >= 15 is 0 Å². The molecule has 0 radical (unpaired) electrons. The first kappa shape index (κ1) is 12.0. The van der Waals surface area contributed by atoms with Gasteiger partial charge in [-0.1, -0.05) is 0 Å². The van der Waals surface area contributed by atoms with Crippen LogP contribution in [0, 0.1) is 0 Å². The fourth-order valence-corrected chi connectivity index (χ4v) is 0.822. The van der Waals surface area contributed by atoms with E-state index in [2.05, 4.69) is 4.74 Å². The predicted octanol–water partition coefficient (Wildman–Crippen LogP) is -3.31. The van der Waals surface area contributed by atoms with E-state index in [0.717, 1.165) is 0 Å². The summed E-state index contributed by atoms with van der Waals surface area (Å²) in [4.78, 5) is 20.5. The number of carbonyl (C=O) groups is 2. The Bertz CT molecular complexity index is 259. The highest BCUT2D eigenvalue weighted by molar-refractivity contribution is 5.73. The molecule has 88 valence electrons. The SMILES string of the molecule is [2H]CO[C@@](O)([C@H](O)C(=O)O)[C@H](O)[C@@H](O)C=O. The molecule has 0 rings (SSSR count). The van der Waals surface area contributed by atoms with Gasteiger partial charge in [0.25, 0.3) is 0 Å². The fourth-order valence-electron chi connectivity index (χ4n) is 0.822. The van der Waals surface area contributed by atoms with Gasteiger partial charge in [-0.3, -0.25) is 0 Å². The molecule has 4 atom stereocenters. The van der Waals surface area contributed by atoms with Crippen LogP contribution in [0.4, 0.5) is 0 Å². The lowest BCUT2D eigenvalue weighted by Crippen LogP contribution is -2.60. The summed E-state index contributed by atoms with van der Waals surface area (Å²) in [5.41, 5.74) is 0. The van der Waals surface area contributed by atoms with Crippen LogP contribution in [0.25, 0.3) is 0 Å². The Morgan fingerprint density at radius 2 is 2.07 bits per heavy atom. The highest BCUT2D eigenvalue weighted by Crippen LogP contribution is 2.19. The molecule has 0 aliphatic carbocycles. The van der Waals surface area contributed by atoms with Crippen LogP contribution >= 0.6 is 0 Å². The maximum Gasteiger partial charge on any atom is 0.338 e. The van der Waals surface area contributed by atoms with E-state index in [1.165, 1.54) is 0 Å². The first-order valence-corrected chi connectivity index (χ1v) is 3.69. The van der Waals surface area contributed by atoms with Crippen molar-refractivity contribution < 1.29 is 41.2 Å². The van der Waals surface area contributed by atoms with Crippen LogP contribution in [0.1, 0.15) is 1.37 Å². The van der Waals surface area contributed by atoms with Gasteiger partial charge in [-0.05, 0) is 0 Å². The van der Waals surface area contributed by atoms with Crippen LogP contribution in [0.2, 0.25) is 0 Å². The monoisotopic (exact) mass is 225 g/mol.